The summed E-state index contributed by atoms with van der Waals surface area (Å²) in [5, 5.41) is 3.53. The Labute approximate surface area is 113 Å². The van der Waals surface area contributed by atoms with Crippen molar-refractivity contribution in [3.63, 3.8) is 0 Å². The molecule has 1 aliphatic rings. The lowest BCUT2D eigenvalue weighted by atomic mass is 9.95. The zero-order valence-corrected chi connectivity index (χ0v) is 12.8. The highest BCUT2D eigenvalue weighted by atomic mass is 32.2. The van der Waals surface area contributed by atoms with Crippen LogP contribution in [0, 0.1) is 5.92 Å². The molecule has 0 aromatic heterocycles. The number of rotatable bonds is 7. The van der Waals surface area contributed by atoms with Crippen LogP contribution in [0.4, 0.5) is 0 Å². The summed E-state index contributed by atoms with van der Waals surface area (Å²) in [6.07, 6.45) is 11.3. The Balaban J connectivity index is 2.15. The molecule has 1 aliphatic carbocycles. The van der Waals surface area contributed by atoms with Gasteiger partial charge in [-0.25, -0.2) is 8.42 Å². The summed E-state index contributed by atoms with van der Waals surface area (Å²) >= 11 is 0. The molecule has 0 amide bonds. The Kier molecular flexibility index (Phi) is 7.23. The van der Waals surface area contributed by atoms with Crippen molar-refractivity contribution in [2.24, 2.45) is 5.92 Å². The standard InChI is InChI=1S/C14H29NO2S/c1-3-6-13-7-4-8-14(10-9-13)15-11-5-12-18(2,16)17/h13-15H,3-12H2,1-2H3. The van der Waals surface area contributed by atoms with E-state index in [-0.39, 0.29) is 0 Å². The summed E-state index contributed by atoms with van der Waals surface area (Å²) < 4.78 is 22.0. The van der Waals surface area contributed by atoms with Crippen molar-refractivity contribution in [3.8, 4) is 0 Å². The lowest BCUT2D eigenvalue weighted by molar-refractivity contribution is 0.410. The molecule has 1 N–H and O–H groups in total. The first-order valence-corrected chi connectivity index (χ1v) is 9.48. The normalized spacial score (nSPS) is 25.9. The molecule has 1 saturated carbocycles. The van der Waals surface area contributed by atoms with E-state index in [0.29, 0.717) is 11.8 Å². The Hall–Kier alpha value is -0.0900. The fraction of sp³-hybridized carbons (Fsp3) is 1.00. The second-order valence-electron chi connectivity index (χ2n) is 5.80. The molecule has 3 nitrogen and oxygen atoms in total. The zero-order chi connectivity index (χ0) is 13.4. The van der Waals surface area contributed by atoms with Gasteiger partial charge in [0, 0.05) is 12.3 Å². The van der Waals surface area contributed by atoms with Crippen molar-refractivity contribution in [1.82, 2.24) is 5.32 Å². The average molecular weight is 275 g/mol. The van der Waals surface area contributed by atoms with Gasteiger partial charge in [0.25, 0.3) is 0 Å². The van der Waals surface area contributed by atoms with Gasteiger partial charge in [-0.05, 0) is 38.1 Å². The van der Waals surface area contributed by atoms with Crippen LogP contribution in [-0.2, 0) is 9.84 Å². The molecule has 0 spiro atoms. The van der Waals surface area contributed by atoms with E-state index in [0.717, 1.165) is 18.9 Å². The minimum atomic E-state index is -2.79. The fourth-order valence-corrected chi connectivity index (χ4v) is 3.59. The summed E-state index contributed by atoms with van der Waals surface area (Å²) in [4.78, 5) is 0. The maximum atomic E-state index is 11.0. The summed E-state index contributed by atoms with van der Waals surface area (Å²) in [5.74, 6) is 1.24. The molecule has 0 heterocycles. The molecule has 0 aromatic carbocycles. The highest BCUT2D eigenvalue weighted by molar-refractivity contribution is 7.90. The van der Waals surface area contributed by atoms with Crippen molar-refractivity contribution in [1.29, 1.82) is 0 Å². The Bertz CT molecular complexity index is 314. The zero-order valence-electron chi connectivity index (χ0n) is 12.0. The van der Waals surface area contributed by atoms with Crippen LogP contribution < -0.4 is 5.32 Å². The van der Waals surface area contributed by atoms with Gasteiger partial charge in [0.15, 0.2) is 0 Å². The maximum Gasteiger partial charge on any atom is 0.147 e. The lowest BCUT2D eigenvalue weighted by Crippen LogP contribution is -2.30. The molecule has 4 heteroatoms. The number of sulfone groups is 1. The van der Waals surface area contributed by atoms with E-state index in [4.69, 9.17) is 0 Å². The Morgan fingerprint density at radius 2 is 1.94 bits per heavy atom. The van der Waals surface area contributed by atoms with Gasteiger partial charge < -0.3 is 5.32 Å². The van der Waals surface area contributed by atoms with Crippen LogP contribution in [0.2, 0.25) is 0 Å². The second-order valence-corrected chi connectivity index (χ2v) is 8.06. The van der Waals surface area contributed by atoms with E-state index in [9.17, 15) is 8.42 Å². The monoisotopic (exact) mass is 275 g/mol. The molecule has 0 aliphatic heterocycles. The molecule has 2 atom stereocenters. The van der Waals surface area contributed by atoms with Gasteiger partial charge in [-0.1, -0.05) is 32.6 Å². The molecule has 1 rings (SSSR count). The van der Waals surface area contributed by atoms with Crippen molar-refractivity contribution >= 4 is 9.84 Å². The predicted octanol–water partition coefficient (Wildman–Crippen LogP) is 2.76. The molecule has 0 radical (unpaired) electrons. The van der Waals surface area contributed by atoms with Gasteiger partial charge in [0.05, 0.1) is 5.75 Å². The van der Waals surface area contributed by atoms with Gasteiger partial charge in [-0.15, -0.1) is 0 Å². The van der Waals surface area contributed by atoms with Crippen LogP contribution in [0.15, 0.2) is 0 Å². The topological polar surface area (TPSA) is 46.2 Å². The van der Waals surface area contributed by atoms with Crippen LogP contribution >= 0.6 is 0 Å². The van der Waals surface area contributed by atoms with E-state index in [1.54, 1.807) is 0 Å². The van der Waals surface area contributed by atoms with Gasteiger partial charge in [-0.2, -0.15) is 0 Å². The highest BCUT2D eigenvalue weighted by Crippen LogP contribution is 2.26. The lowest BCUT2D eigenvalue weighted by Gasteiger charge is -2.16. The van der Waals surface area contributed by atoms with Gasteiger partial charge in [0.1, 0.15) is 9.84 Å². The Morgan fingerprint density at radius 3 is 2.61 bits per heavy atom. The van der Waals surface area contributed by atoms with E-state index in [1.807, 2.05) is 0 Å². The fourth-order valence-electron chi connectivity index (χ4n) is 2.92. The minimum Gasteiger partial charge on any atom is -0.314 e. The first-order chi connectivity index (χ1) is 8.51. The van der Waals surface area contributed by atoms with Gasteiger partial charge in [-0.3, -0.25) is 0 Å². The molecule has 0 bridgehead atoms. The van der Waals surface area contributed by atoms with Gasteiger partial charge in [0.2, 0.25) is 0 Å². The first-order valence-electron chi connectivity index (χ1n) is 7.42. The largest absolute Gasteiger partial charge is 0.314 e. The molecule has 0 saturated heterocycles. The summed E-state index contributed by atoms with van der Waals surface area (Å²) in [6.45, 7) is 3.11. The Morgan fingerprint density at radius 1 is 1.17 bits per heavy atom. The van der Waals surface area contributed by atoms with Crippen molar-refractivity contribution in [3.05, 3.63) is 0 Å². The number of hydrogen-bond donors (Lipinski definition) is 1. The third-order valence-corrected chi connectivity index (χ3v) is 4.94. The van der Waals surface area contributed by atoms with Crippen LogP contribution in [0.3, 0.4) is 0 Å². The summed E-state index contributed by atoms with van der Waals surface area (Å²) in [6, 6.07) is 0.617. The average Bonchev–Trinajstić information content (AvgIpc) is 2.50. The molecule has 1 fully saturated rings. The maximum absolute atomic E-state index is 11.0. The molecule has 2 unspecified atom stereocenters. The van der Waals surface area contributed by atoms with Crippen LogP contribution in [0.25, 0.3) is 0 Å². The summed E-state index contributed by atoms with van der Waals surface area (Å²) in [5.41, 5.74) is 0. The minimum absolute atomic E-state index is 0.311. The highest BCUT2D eigenvalue weighted by Gasteiger charge is 2.17. The smallest absolute Gasteiger partial charge is 0.147 e. The van der Waals surface area contributed by atoms with E-state index < -0.39 is 9.84 Å². The van der Waals surface area contributed by atoms with E-state index in [2.05, 4.69) is 12.2 Å². The molecular weight excluding hydrogens is 246 g/mol. The quantitative estimate of drug-likeness (QED) is 0.574. The molecule has 18 heavy (non-hydrogen) atoms. The van der Waals surface area contributed by atoms with Crippen LogP contribution in [0.5, 0.6) is 0 Å². The van der Waals surface area contributed by atoms with Crippen LogP contribution in [-0.4, -0.2) is 33.0 Å². The SMILES string of the molecule is CCCC1CCCC(NCCCS(C)(=O)=O)CC1. The summed E-state index contributed by atoms with van der Waals surface area (Å²) in [7, 11) is -2.79. The number of hydrogen-bond acceptors (Lipinski definition) is 3. The van der Waals surface area contributed by atoms with Crippen molar-refractivity contribution < 1.29 is 8.42 Å². The molecule has 108 valence electrons. The first kappa shape index (κ1) is 16.0. The molecule has 0 aromatic rings. The van der Waals surface area contributed by atoms with Crippen molar-refractivity contribution in [2.45, 2.75) is 64.3 Å². The van der Waals surface area contributed by atoms with Gasteiger partial charge >= 0.3 is 0 Å². The second kappa shape index (κ2) is 8.16. The van der Waals surface area contributed by atoms with Crippen molar-refractivity contribution in [2.75, 3.05) is 18.6 Å². The van der Waals surface area contributed by atoms with E-state index in [1.165, 1.54) is 51.2 Å². The predicted molar refractivity (Wildman–Crippen MR) is 77.6 cm³/mol. The third-order valence-electron chi connectivity index (χ3n) is 3.91. The van der Waals surface area contributed by atoms with E-state index >= 15 is 0 Å². The molecular formula is C14H29NO2S. The number of nitrogens with one attached hydrogen (secondary N) is 1. The van der Waals surface area contributed by atoms with Crippen LogP contribution in [0.1, 0.15) is 58.3 Å². The third kappa shape index (κ3) is 7.37.